The number of halogens is 2. The fourth-order valence-electron chi connectivity index (χ4n) is 1.88. The Morgan fingerprint density at radius 2 is 1.50 bits per heavy atom. The van der Waals surface area contributed by atoms with Crippen molar-refractivity contribution in [2.45, 2.75) is 0 Å². The zero-order chi connectivity index (χ0) is 17.5. The number of nitrogens with one attached hydrogen (secondary N) is 1. The molecule has 2 aromatic rings. The van der Waals surface area contributed by atoms with Crippen molar-refractivity contribution in [1.82, 2.24) is 5.48 Å². The average molecular weight is 329 g/mol. The fourth-order valence-corrected chi connectivity index (χ4v) is 1.88. The molecule has 0 aromatic heterocycles. The summed E-state index contributed by atoms with van der Waals surface area (Å²) in [6.45, 7) is 0. The summed E-state index contributed by atoms with van der Waals surface area (Å²) in [6, 6.07) is 9.44. The Labute approximate surface area is 136 Å². The molecular weight excluding hydrogens is 316 g/mol. The number of hydrogen-bond acceptors (Lipinski definition) is 3. The number of carbonyl (C=O) groups excluding carboxylic acids is 2. The van der Waals surface area contributed by atoms with Gasteiger partial charge in [-0.05, 0) is 41.5 Å². The second kappa shape index (κ2) is 7.94. The predicted octanol–water partition coefficient (Wildman–Crippen LogP) is 3.38. The van der Waals surface area contributed by atoms with Crippen molar-refractivity contribution in [2.75, 3.05) is 0 Å². The van der Waals surface area contributed by atoms with Crippen LogP contribution in [-0.4, -0.2) is 16.9 Å². The molecule has 0 radical (unpaired) electrons. The highest BCUT2D eigenvalue weighted by Gasteiger charge is 2.09. The first-order valence-electron chi connectivity index (χ1n) is 6.89. The second-order valence-corrected chi connectivity index (χ2v) is 4.80. The van der Waals surface area contributed by atoms with Crippen molar-refractivity contribution < 1.29 is 23.6 Å². The maximum absolute atomic E-state index is 13.5. The van der Waals surface area contributed by atoms with Crippen molar-refractivity contribution in [3.8, 4) is 0 Å². The maximum Gasteiger partial charge on any atom is 0.267 e. The molecule has 2 aromatic carbocycles. The fraction of sp³-hybridized carbons (Fsp3) is 0. The van der Waals surface area contributed by atoms with E-state index in [1.54, 1.807) is 24.3 Å². The highest BCUT2D eigenvalue weighted by molar-refractivity contribution is 6.07. The molecule has 0 saturated carbocycles. The largest absolute Gasteiger partial charge is 0.289 e. The van der Waals surface area contributed by atoms with Gasteiger partial charge in [-0.25, -0.2) is 14.3 Å². The van der Waals surface area contributed by atoms with Crippen LogP contribution in [0.25, 0.3) is 12.2 Å². The average Bonchev–Trinajstić information content (AvgIpc) is 2.60. The minimum Gasteiger partial charge on any atom is -0.289 e. The van der Waals surface area contributed by atoms with Crippen LogP contribution in [0.3, 0.4) is 0 Å². The molecule has 0 aliphatic rings. The quantitative estimate of drug-likeness (QED) is 0.382. The summed E-state index contributed by atoms with van der Waals surface area (Å²) in [5.74, 6) is -2.76. The number of carbonyl (C=O) groups is 2. The van der Waals surface area contributed by atoms with Crippen molar-refractivity contribution in [3.05, 3.63) is 82.9 Å². The molecule has 0 bridgehead atoms. The predicted molar refractivity (Wildman–Crippen MR) is 85.1 cm³/mol. The molecule has 0 heterocycles. The molecule has 0 aliphatic carbocycles. The molecule has 6 heteroatoms. The summed E-state index contributed by atoms with van der Waals surface area (Å²) >= 11 is 0. The molecule has 2 rings (SSSR count). The summed E-state index contributed by atoms with van der Waals surface area (Å²) in [5.41, 5.74) is 2.52. The Hall–Kier alpha value is -3.12. The van der Waals surface area contributed by atoms with Gasteiger partial charge in [-0.3, -0.25) is 14.8 Å². The van der Waals surface area contributed by atoms with Crippen LogP contribution in [0.4, 0.5) is 8.78 Å². The molecule has 0 aliphatic heterocycles. The van der Waals surface area contributed by atoms with Crippen LogP contribution in [0.5, 0.6) is 0 Å². The minimum absolute atomic E-state index is 0.333. The SMILES string of the molecule is O=C(/C=C/c1ccc(/C=C/C(=O)c2cc(F)ccc2F)cc1)NO. The van der Waals surface area contributed by atoms with Crippen LogP contribution in [-0.2, 0) is 4.79 Å². The standard InChI is InChI=1S/C18H13F2NO3/c19-14-7-8-16(20)15(11-14)17(22)9-5-12-1-3-13(4-2-12)6-10-18(23)21-24/h1-11,24H,(H,21,23)/b9-5+,10-6+. The number of benzene rings is 2. The van der Waals surface area contributed by atoms with Crippen LogP contribution < -0.4 is 5.48 Å². The Morgan fingerprint density at radius 1 is 0.917 bits per heavy atom. The molecule has 0 unspecified atom stereocenters. The van der Waals surface area contributed by atoms with E-state index < -0.39 is 23.3 Å². The van der Waals surface area contributed by atoms with Gasteiger partial charge in [0.15, 0.2) is 5.78 Å². The first kappa shape index (κ1) is 17.2. The Balaban J connectivity index is 2.09. The van der Waals surface area contributed by atoms with Gasteiger partial charge in [0.2, 0.25) is 0 Å². The van der Waals surface area contributed by atoms with Gasteiger partial charge >= 0.3 is 0 Å². The van der Waals surface area contributed by atoms with Gasteiger partial charge in [-0.1, -0.05) is 30.3 Å². The van der Waals surface area contributed by atoms with E-state index in [0.29, 0.717) is 11.1 Å². The molecule has 122 valence electrons. The van der Waals surface area contributed by atoms with Gasteiger partial charge < -0.3 is 0 Å². The number of allylic oxidation sites excluding steroid dienone is 1. The number of hydroxylamine groups is 1. The molecule has 24 heavy (non-hydrogen) atoms. The molecule has 0 saturated heterocycles. The first-order valence-corrected chi connectivity index (χ1v) is 6.89. The van der Waals surface area contributed by atoms with Gasteiger partial charge in [-0.2, -0.15) is 0 Å². The lowest BCUT2D eigenvalue weighted by atomic mass is 10.1. The Morgan fingerprint density at radius 3 is 2.08 bits per heavy atom. The van der Waals surface area contributed by atoms with Crippen LogP contribution in [0.1, 0.15) is 21.5 Å². The normalized spacial score (nSPS) is 11.1. The van der Waals surface area contributed by atoms with Gasteiger partial charge in [-0.15, -0.1) is 0 Å². The van der Waals surface area contributed by atoms with E-state index in [0.717, 1.165) is 30.4 Å². The van der Waals surface area contributed by atoms with Gasteiger partial charge in [0.25, 0.3) is 5.91 Å². The third-order valence-electron chi connectivity index (χ3n) is 3.09. The third kappa shape index (κ3) is 4.69. The van der Waals surface area contributed by atoms with Crippen molar-refractivity contribution in [1.29, 1.82) is 0 Å². The number of hydrogen-bond donors (Lipinski definition) is 2. The van der Waals surface area contributed by atoms with Crippen molar-refractivity contribution >= 4 is 23.8 Å². The van der Waals surface area contributed by atoms with Gasteiger partial charge in [0.05, 0.1) is 5.56 Å². The number of amides is 1. The monoisotopic (exact) mass is 329 g/mol. The van der Waals surface area contributed by atoms with Crippen molar-refractivity contribution in [3.63, 3.8) is 0 Å². The van der Waals surface area contributed by atoms with E-state index in [-0.39, 0.29) is 5.56 Å². The van der Waals surface area contributed by atoms with Gasteiger partial charge in [0, 0.05) is 6.08 Å². The van der Waals surface area contributed by atoms with E-state index in [1.165, 1.54) is 17.6 Å². The smallest absolute Gasteiger partial charge is 0.267 e. The van der Waals surface area contributed by atoms with Crippen LogP contribution >= 0.6 is 0 Å². The topological polar surface area (TPSA) is 66.4 Å². The lowest BCUT2D eigenvalue weighted by Gasteiger charge is -1.99. The van der Waals surface area contributed by atoms with Crippen molar-refractivity contribution in [2.24, 2.45) is 0 Å². The van der Waals surface area contributed by atoms with E-state index >= 15 is 0 Å². The summed E-state index contributed by atoms with van der Waals surface area (Å²) < 4.78 is 26.6. The van der Waals surface area contributed by atoms with E-state index in [9.17, 15) is 18.4 Å². The third-order valence-corrected chi connectivity index (χ3v) is 3.09. The molecule has 0 spiro atoms. The second-order valence-electron chi connectivity index (χ2n) is 4.80. The maximum atomic E-state index is 13.5. The van der Waals surface area contributed by atoms with E-state index in [1.807, 2.05) is 0 Å². The lowest BCUT2D eigenvalue weighted by Crippen LogP contribution is -2.14. The zero-order valence-corrected chi connectivity index (χ0v) is 12.4. The summed E-state index contributed by atoms with van der Waals surface area (Å²) in [6.07, 6.45) is 5.27. The highest BCUT2D eigenvalue weighted by atomic mass is 19.1. The van der Waals surface area contributed by atoms with E-state index in [2.05, 4.69) is 0 Å². The first-order chi connectivity index (χ1) is 11.5. The molecular formula is C18H13F2NO3. The number of ketones is 1. The van der Waals surface area contributed by atoms with Crippen LogP contribution in [0.2, 0.25) is 0 Å². The Kier molecular flexibility index (Phi) is 5.70. The minimum atomic E-state index is -0.784. The number of rotatable bonds is 5. The summed E-state index contributed by atoms with van der Waals surface area (Å²) in [7, 11) is 0. The molecule has 0 fully saturated rings. The summed E-state index contributed by atoms with van der Waals surface area (Å²) in [4.78, 5) is 22.8. The summed E-state index contributed by atoms with van der Waals surface area (Å²) in [5, 5.41) is 8.37. The Bertz CT molecular complexity index is 812. The molecule has 1 amide bonds. The highest BCUT2D eigenvalue weighted by Crippen LogP contribution is 2.13. The van der Waals surface area contributed by atoms with Crippen LogP contribution in [0, 0.1) is 11.6 Å². The van der Waals surface area contributed by atoms with E-state index in [4.69, 9.17) is 5.21 Å². The van der Waals surface area contributed by atoms with Gasteiger partial charge in [0.1, 0.15) is 11.6 Å². The van der Waals surface area contributed by atoms with Crippen LogP contribution in [0.15, 0.2) is 54.6 Å². The zero-order valence-electron chi connectivity index (χ0n) is 12.4. The molecule has 2 N–H and O–H groups in total. The molecule has 0 atom stereocenters. The molecule has 4 nitrogen and oxygen atoms in total. The lowest BCUT2D eigenvalue weighted by molar-refractivity contribution is -0.124.